The summed E-state index contributed by atoms with van der Waals surface area (Å²) in [6.07, 6.45) is 5.22. The molecule has 1 N–H and O–H groups in total. The Morgan fingerprint density at radius 2 is 1.76 bits per heavy atom. The van der Waals surface area contributed by atoms with Crippen LogP contribution in [-0.4, -0.2) is 52.0 Å². The van der Waals surface area contributed by atoms with E-state index in [4.69, 9.17) is 0 Å². The predicted octanol–water partition coefficient (Wildman–Crippen LogP) is 1.83. The van der Waals surface area contributed by atoms with Crippen LogP contribution in [0.4, 0.5) is 11.8 Å². The van der Waals surface area contributed by atoms with Gasteiger partial charge in [-0.15, -0.1) is 0 Å². The van der Waals surface area contributed by atoms with Gasteiger partial charge in [0.2, 0.25) is 5.95 Å². The van der Waals surface area contributed by atoms with Gasteiger partial charge >= 0.3 is 0 Å². The molecule has 1 aliphatic rings. The van der Waals surface area contributed by atoms with Crippen LogP contribution in [0.15, 0.2) is 55.0 Å². The van der Waals surface area contributed by atoms with Gasteiger partial charge in [0, 0.05) is 57.0 Å². The van der Waals surface area contributed by atoms with Gasteiger partial charge in [-0.25, -0.2) is 15.0 Å². The van der Waals surface area contributed by atoms with Gasteiger partial charge < -0.3 is 15.1 Å². The summed E-state index contributed by atoms with van der Waals surface area (Å²) < 4.78 is 0. The van der Waals surface area contributed by atoms with Crippen LogP contribution < -0.4 is 15.1 Å². The molecule has 4 rings (SSSR count). The largest absolute Gasteiger partial charge is 0.353 e. The van der Waals surface area contributed by atoms with E-state index in [-0.39, 0.29) is 5.91 Å². The summed E-state index contributed by atoms with van der Waals surface area (Å²) in [5.74, 6) is 1.37. The summed E-state index contributed by atoms with van der Waals surface area (Å²) in [5, 5.41) is 2.91. The average Bonchev–Trinajstić information content (AvgIpc) is 2.78. The molecule has 8 nitrogen and oxygen atoms in total. The highest BCUT2D eigenvalue weighted by atomic mass is 16.1. The predicted molar refractivity (Wildman–Crippen MR) is 111 cm³/mol. The van der Waals surface area contributed by atoms with Crippen molar-refractivity contribution in [2.75, 3.05) is 36.0 Å². The van der Waals surface area contributed by atoms with Crippen molar-refractivity contribution in [1.82, 2.24) is 25.3 Å². The van der Waals surface area contributed by atoms with Gasteiger partial charge in [-0.05, 0) is 42.8 Å². The molecule has 1 amide bonds. The molecule has 4 heterocycles. The van der Waals surface area contributed by atoms with Crippen molar-refractivity contribution in [2.24, 2.45) is 0 Å². The van der Waals surface area contributed by atoms with Crippen molar-refractivity contribution in [3.8, 4) is 0 Å². The number of piperazine rings is 1. The first-order valence-electron chi connectivity index (χ1n) is 9.63. The molecule has 8 heteroatoms. The fraction of sp³-hybridized carbons (Fsp3) is 0.286. The third-order valence-corrected chi connectivity index (χ3v) is 4.81. The Morgan fingerprint density at radius 1 is 1.00 bits per heavy atom. The maximum atomic E-state index is 12.6. The van der Waals surface area contributed by atoms with Crippen LogP contribution in [0.25, 0.3) is 0 Å². The molecule has 0 radical (unpaired) electrons. The van der Waals surface area contributed by atoms with Crippen LogP contribution >= 0.6 is 0 Å². The Morgan fingerprint density at radius 3 is 2.48 bits per heavy atom. The third-order valence-electron chi connectivity index (χ3n) is 4.81. The molecule has 1 fully saturated rings. The molecule has 0 aliphatic carbocycles. The Bertz CT molecular complexity index is 957. The molecule has 0 unspecified atom stereocenters. The summed E-state index contributed by atoms with van der Waals surface area (Å²) in [6, 6.07) is 11.4. The monoisotopic (exact) mass is 389 g/mol. The number of carbonyl (C=O) groups excluding carboxylic acids is 1. The van der Waals surface area contributed by atoms with E-state index in [0.29, 0.717) is 18.2 Å². The maximum Gasteiger partial charge on any atom is 0.270 e. The van der Waals surface area contributed by atoms with Gasteiger partial charge in [-0.1, -0.05) is 6.07 Å². The first kappa shape index (κ1) is 18.8. The zero-order chi connectivity index (χ0) is 20.1. The average molecular weight is 389 g/mol. The number of rotatable bonds is 5. The lowest BCUT2D eigenvalue weighted by Crippen LogP contribution is -2.47. The molecule has 0 saturated carbocycles. The normalized spacial score (nSPS) is 14.0. The van der Waals surface area contributed by atoms with Crippen LogP contribution in [0.5, 0.6) is 0 Å². The Kier molecular flexibility index (Phi) is 5.60. The maximum absolute atomic E-state index is 12.6. The topological polar surface area (TPSA) is 87.1 Å². The lowest BCUT2D eigenvalue weighted by molar-refractivity contribution is 0.0945. The molecule has 1 saturated heterocycles. The minimum Gasteiger partial charge on any atom is -0.353 e. The van der Waals surface area contributed by atoms with Gasteiger partial charge in [0.15, 0.2) is 0 Å². The summed E-state index contributed by atoms with van der Waals surface area (Å²) in [5.41, 5.74) is 2.15. The summed E-state index contributed by atoms with van der Waals surface area (Å²) in [6.45, 7) is 5.53. The molecule has 0 atom stereocenters. The van der Waals surface area contributed by atoms with Crippen LogP contribution in [0.3, 0.4) is 0 Å². The van der Waals surface area contributed by atoms with Crippen molar-refractivity contribution >= 4 is 17.7 Å². The molecular weight excluding hydrogens is 366 g/mol. The summed E-state index contributed by atoms with van der Waals surface area (Å²) >= 11 is 0. The molecule has 0 spiro atoms. The zero-order valence-corrected chi connectivity index (χ0v) is 16.3. The van der Waals surface area contributed by atoms with Crippen molar-refractivity contribution < 1.29 is 4.79 Å². The minimum absolute atomic E-state index is 0.208. The van der Waals surface area contributed by atoms with Gasteiger partial charge in [0.05, 0.1) is 0 Å². The van der Waals surface area contributed by atoms with E-state index < -0.39 is 0 Å². The van der Waals surface area contributed by atoms with E-state index in [1.165, 1.54) is 0 Å². The highest BCUT2D eigenvalue weighted by Crippen LogP contribution is 2.17. The zero-order valence-electron chi connectivity index (χ0n) is 16.3. The lowest BCUT2D eigenvalue weighted by Gasteiger charge is -2.35. The number of hydrogen-bond acceptors (Lipinski definition) is 7. The van der Waals surface area contributed by atoms with Gasteiger partial charge in [-0.2, -0.15) is 0 Å². The Labute approximate surface area is 169 Å². The molecule has 3 aromatic heterocycles. The number of hydrogen-bond donors (Lipinski definition) is 1. The fourth-order valence-electron chi connectivity index (χ4n) is 3.26. The number of anilines is 2. The number of pyridine rings is 2. The van der Waals surface area contributed by atoms with Crippen LogP contribution in [0.2, 0.25) is 0 Å². The Balaban J connectivity index is 1.41. The van der Waals surface area contributed by atoms with Crippen LogP contribution in [0, 0.1) is 6.92 Å². The molecule has 1 aliphatic heterocycles. The first-order valence-corrected chi connectivity index (χ1v) is 9.63. The Hall–Kier alpha value is -3.55. The third kappa shape index (κ3) is 4.66. The smallest absolute Gasteiger partial charge is 0.270 e. The quantitative estimate of drug-likeness (QED) is 0.712. The number of nitrogens with zero attached hydrogens (tertiary/aromatic N) is 6. The number of aromatic nitrogens is 4. The SMILES string of the molecule is Cc1cc(C(=O)NCc2ccncc2)nc(N2CCN(c3ccccn3)CC2)n1. The second-order valence-electron chi connectivity index (χ2n) is 6.89. The fourth-order valence-corrected chi connectivity index (χ4v) is 3.26. The van der Waals surface area contributed by atoms with E-state index in [1.54, 1.807) is 18.5 Å². The molecular formula is C21H23N7O. The molecule has 148 valence electrons. The first-order chi connectivity index (χ1) is 14.2. The van der Waals surface area contributed by atoms with E-state index in [9.17, 15) is 4.79 Å². The van der Waals surface area contributed by atoms with Crippen LogP contribution in [0.1, 0.15) is 21.7 Å². The van der Waals surface area contributed by atoms with E-state index in [1.807, 2.05) is 43.5 Å². The van der Waals surface area contributed by atoms with E-state index >= 15 is 0 Å². The van der Waals surface area contributed by atoms with Gasteiger partial charge in [-0.3, -0.25) is 9.78 Å². The molecule has 29 heavy (non-hydrogen) atoms. The van der Waals surface area contributed by atoms with Crippen molar-refractivity contribution in [3.05, 3.63) is 71.9 Å². The minimum atomic E-state index is -0.208. The lowest BCUT2D eigenvalue weighted by atomic mass is 10.2. The van der Waals surface area contributed by atoms with E-state index in [2.05, 4.69) is 35.1 Å². The van der Waals surface area contributed by atoms with Gasteiger partial charge in [0.1, 0.15) is 11.5 Å². The highest BCUT2D eigenvalue weighted by Gasteiger charge is 2.21. The number of amides is 1. The number of carbonyl (C=O) groups is 1. The number of aryl methyl sites for hydroxylation is 1. The highest BCUT2D eigenvalue weighted by molar-refractivity contribution is 5.92. The standard InChI is InChI=1S/C21H23N7O/c1-16-14-18(20(29)24-15-17-5-8-22-9-6-17)26-21(25-16)28-12-10-27(11-13-28)19-4-2-3-7-23-19/h2-9,14H,10-13,15H2,1H3,(H,24,29). The second-order valence-corrected chi connectivity index (χ2v) is 6.89. The molecule has 0 aromatic carbocycles. The molecule has 3 aromatic rings. The molecule has 0 bridgehead atoms. The second kappa shape index (κ2) is 8.64. The van der Waals surface area contributed by atoms with E-state index in [0.717, 1.165) is 43.3 Å². The van der Waals surface area contributed by atoms with Crippen LogP contribution in [-0.2, 0) is 6.54 Å². The summed E-state index contributed by atoms with van der Waals surface area (Å²) in [7, 11) is 0. The van der Waals surface area contributed by atoms with Gasteiger partial charge in [0.25, 0.3) is 5.91 Å². The summed E-state index contributed by atoms with van der Waals surface area (Å²) in [4.78, 5) is 34.4. The van der Waals surface area contributed by atoms with Crippen molar-refractivity contribution in [1.29, 1.82) is 0 Å². The number of nitrogens with one attached hydrogen (secondary N) is 1. The van der Waals surface area contributed by atoms with Crippen molar-refractivity contribution in [2.45, 2.75) is 13.5 Å². The van der Waals surface area contributed by atoms with Crippen molar-refractivity contribution in [3.63, 3.8) is 0 Å².